The van der Waals surface area contributed by atoms with Gasteiger partial charge in [0.25, 0.3) is 5.09 Å². The number of nitrogens with zero attached hydrogens (tertiary/aromatic N) is 1. The van der Waals surface area contributed by atoms with Crippen LogP contribution in [-0.4, -0.2) is 62.2 Å². The zero-order valence-electron chi connectivity index (χ0n) is 20.3. The Bertz CT molecular complexity index is 1040. The Morgan fingerprint density at radius 3 is 2.38 bits per heavy atom. The molecular weight excluding hydrogens is 531 g/mol. The summed E-state index contributed by atoms with van der Waals surface area (Å²) in [7, 11) is 0. The average molecular weight is 556 g/mol. The van der Waals surface area contributed by atoms with Crippen LogP contribution in [0.25, 0.3) is 6.08 Å². The van der Waals surface area contributed by atoms with Crippen LogP contribution in [-0.2, 0) is 34.0 Å². The molecule has 2 unspecified atom stereocenters. The lowest BCUT2D eigenvalue weighted by atomic mass is 9.85. The Balaban J connectivity index is 2.01. The second-order valence-electron chi connectivity index (χ2n) is 8.62. The highest BCUT2D eigenvalue weighted by atomic mass is 35.5. The van der Waals surface area contributed by atoms with Gasteiger partial charge in [0.2, 0.25) is 12.4 Å². The molecule has 37 heavy (non-hydrogen) atoms. The van der Waals surface area contributed by atoms with E-state index in [0.29, 0.717) is 5.56 Å². The van der Waals surface area contributed by atoms with Crippen molar-refractivity contribution in [2.24, 2.45) is 0 Å². The first-order valence-corrected chi connectivity index (χ1v) is 11.2. The summed E-state index contributed by atoms with van der Waals surface area (Å²) < 4.78 is 65.4. The molecule has 0 spiro atoms. The van der Waals surface area contributed by atoms with Crippen molar-refractivity contribution >= 4 is 29.8 Å². The third-order valence-corrected chi connectivity index (χ3v) is 5.00. The molecule has 11 nitrogen and oxygen atoms in total. The second kappa shape index (κ2) is 12.3. The summed E-state index contributed by atoms with van der Waals surface area (Å²) >= 11 is 6.29. The molecule has 0 amide bonds. The smallest absolute Gasteiger partial charge is 0.475 e. The minimum absolute atomic E-state index is 0.103. The molecule has 0 aliphatic carbocycles. The zero-order chi connectivity index (χ0) is 28.0. The number of carbonyl (C=O) groups excluding carboxylic acids is 2. The number of halogens is 4. The van der Waals surface area contributed by atoms with Crippen molar-refractivity contribution in [2.75, 3.05) is 26.4 Å². The molecule has 0 fully saturated rings. The minimum atomic E-state index is -4.96. The molecule has 0 aromatic heterocycles. The van der Waals surface area contributed by atoms with Crippen molar-refractivity contribution in [1.82, 2.24) is 0 Å². The van der Waals surface area contributed by atoms with Crippen molar-refractivity contribution in [3.63, 3.8) is 0 Å². The maximum Gasteiger partial charge on any atom is 0.511 e. The first-order chi connectivity index (χ1) is 17.1. The van der Waals surface area contributed by atoms with E-state index in [9.17, 15) is 32.9 Å². The molecule has 2 rings (SSSR count). The van der Waals surface area contributed by atoms with Gasteiger partial charge in [0.1, 0.15) is 19.0 Å². The van der Waals surface area contributed by atoms with E-state index < -0.39 is 46.8 Å². The summed E-state index contributed by atoms with van der Waals surface area (Å²) in [5, 5.41) is 9.25. The maximum absolute atomic E-state index is 13.7. The number of ether oxygens (including phenoxy) is 5. The lowest BCUT2D eigenvalue weighted by molar-refractivity contribution is -0.758. The van der Waals surface area contributed by atoms with Gasteiger partial charge in [0.05, 0.1) is 18.8 Å². The quantitative estimate of drug-likeness (QED) is 0.132. The molecule has 1 heterocycles. The van der Waals surface area contributed by atoms with Gasteiger partial charge in [-0.25, -0.2) is 9.59 Å². The van der Waals surface area contributed by atoms with Gasteiger partial charge >= 0.3 is 18.3 Å². The first-order valence-electron chi connectivity index (χ1n) is 10.8. The lowest BCUT2D eigenvalue weighted by Gasteiger charge is -2.30. The van der Waals surface area contributed by atoms with Gasteiger partial charge in [-0.1, -0.05) is 32.4 Å². The fourth-order valence-corrected chi connectivity index (χ4v) is 3.53. The predicted molar refractivity (Wildman–Crippen MR) is 120 cm³/mol. The molecule has 1 aliphatic heterocycles. The van der Waals surface area contributed by atoms with Gasteiger partial charge in [0.15, 0.2) is 0 Å². The van der Waals surface area contributed by atoms with Crippen LogP contribution in [0.4, 0.5) is 18.0 Å². The minimum Gasteiger partial charge on any atom is -0.475 e. The SMILES string of the molecule is CC(OC(=O)OCCOCCO[N+](=O)[O-])OC(=O)C1=Cc2cc(Cl)c(C(C)(C)C)cc2OC1C(F)(F)F. The van der Waals surface area contributed by atoms with Gasteiger partial charge in [-0.2, -0.15) is 13.2 Å². The Morgan fingerprint density at radius 1 is 1.14 bits per heavy atom. The number of alkyl halides is 3. The standard InChI is InChI=1S/C22H25ClF3NO10/c1-12(36-20(29)33-7-5-32-6-8-34-27(30)31)35-19(28)14-9-13-10-16(23)15(21(2,3)4)11-17(13)37-18(14)22(24,25)26/h9-12,18H,5-8H2,1-4H3. The Kier molecular flexibility index (Phi) is 9.98. The normalized spacial score (nSPS) is 16.0. The molecule has 0 saturated heterocycles. The number of benzene rings is 1. The number of hydrogen-bond donors (Lipinski definition) is 0. The molecule has 206 valence electrons. The van der Waals surface area contributed by atoms with Gasteiger partial charge in [0, 0.05) is 17.5 Å². The summed E-state index contributed by atoms with van der Waals surface area (Å²) in [4.78, 5) is 38.2. The van der Waals surface area contributed by atoms with Gasteiger partial charge in [-0.15, -0.1) is 10.1 Å². The number of hydrogen-bond acceptors (Lipinski definition) is 10. The molecule has 0 saturated carbocycles. The Hall–Kier alpha value is -3.26. The van der Waals surface area contributed by atoms with E-state index in [4.69, 9.17) is 25.8 Å². The Morgan fingerprint density at radius 2 is 1.78 bits per heavy atom. The summed E-state index contributed by atoms with van der Waals surface area (Å²) in [6.45, 7) is 5.65. The van der Waals surface area contributed by atoms with E-state index in [-0.39, 0.29) is 42.8 Å². The van der Waals surface area contributed by atoms with Gasteiger partial charge in [-0.3, -0.25) is 0 Å². The van der Waals surface area contributed by atoms with E-state index in [1.54, 1.807) is 0 Å². The van der Waals surface area contributed by atoms with Crippen LogP contribution in [0.3, 0.4) is 0 Å². The summed E-state index contributed by atoms with van der Waals surface area (Å²) in [6, 6.07) is 2.79. The first kappa shape index (κ1) is 30.0. The summed E-state index contributed by atoms with van der Waals surface area (Å²) in [5.74, 6) is -1.54. The van der Waals surface area contributed by atoms with Crippen molar-refractivity contribution in [2.45, 2.75) is 51.7 Å². The fourth-order valence-electron chi connectivity index (χ4n) is 3.07. The van der Waals surface area contributed by atoms with E-state index in [1.165, 1.54) is 12.1 Å². The van der Waals surface area contributed by atoms with Crippen molar-refractivity contribution in [3.8, 4) is 5.75 Å². The monoisotopic (exact) mass is 555 g/mol. The van der Waals surface area contributed by atoms with Crippen LogP contribution < -0.4 is 4.74 Å². The summed E-state index contributed by atoms with van der Waals surface area (Å²) in [5.41, 5.74) is -0.648. The van der Waals surface area contributed by atoms with E-state index >= 15 is 0 Å². The molecule has 15 heteroatoms. The van der Waals surface area contributed by atoms with Gasteiger partial charge in [-0.05, 0) is 29.2 Å². The average Bonchev–Trinajstić information content (AvgIpc) is 2.75. The zero-order valence-corrected chi connectivity index (χ0v) is 21.0. The highest BCUT2D eigenvalue weighted by molar-refractivity contribution is 6.31. The van der Waals surface area contributed by atoms with Crippen LogP contribution in [0.15, 0.2) is 17.7 Å². The van der Waals surface area contributed by atoms with Crippen molar-refractivity contribution < 1.29 is 56.4 Å². The van der Waals surface area contributed by atoms with E-state index in [2.05, 4.69) is 14.3 Å². The number of fused-ring (bicyclic) bond motifs is 1. The topological polar surface area (TPSA) is 133 Å². The van der Waals surface area contributed by atoms with Gasteiger partial charge < -0.3 is 28.5 Å². The fraction of sp³-hybridized carbons (Fsp3) is 0.545. The van der Waals surface area contributed by atoms with Crippen LogP contribution in [0.1, 0.15) is 38.8 Å². The van der Waals surface area contributed by atoms with Crippen LogP contribution in [0, 0.1) is 10.1 Å². The molecule has 0 radical (unpaired) electrons. The molecule has 1 aromatic rings. The lowest BCUT2D eigenvalue weighted by Crippen LogP contribution is -2.41. The number of rotatable bonds is 10. The van der Waals surface area contributed by atoms with Crippen molar-refractivity contribution in [1.29, 1.82) is 0 Å². The predicted octanol–water partition coefficient (Wildman–Crippen LogP) is 4.61. The largest absolute Gasteiger partial charge is 0.511 e. The molecule has 1 aliphatic rings. The van der Waals surface area contributed by atoms with Crippen LogP contribution >= 0.6 is 11.6 Å². The third kappa shape index (κ3) is 8.97. The van der Waals surface area contributed by atoms with E-state index in [0.717, 1.165) is 13.0 Å². The molecule has 0 bridgehead atoms. The number of esters is 1. The summed E-state index contributed by atoms with van der Waals surface area (Å²) in [6.07, 6.45) is -9.53. The highest BCUT2D eigenvalue weighted by Crippen LogP contribution is 2.42. The van der Waals surface area contributed by atoms with Crippen LogP contribution in [0.5, 0.6) is 5.75 Å². The number of carbonyl (C=O) groups is 2. The van der Waals surface area contributed by atoms with Crippen LogP contribution in [0.2, 0.25) is 5.02 Å². The molecule has 0 N–H and O–H groups in total. The maximum atomic E-state index is 13.7. The Labute approximate surface area is 214 Å². The van der Waals surface area contributed by atoms with E-state index in [1.807, 2.05) is 20.8 Å². The molecule has 1 aromatic carbocycles. The molecule has 2 atom stereocenters. The van der Waals surface area contributed by atoms with Crippen molar-refractivity contribution in [3.05, 3.63) is 44.0 Å². The third-order valence-electron chi connectivity index (χ3n) is 4.69. The highest BCUT2D eigenvalue weighted by Gasteiger charge is 2.49. The molecular formula is C22H25ClF3NO10. The second-order valence-corrected chi connectivity index (χ2v) is 9.02.